The van der Waals surface area contributed by atoms with E-state index in [-0.39, 0.29) is 17.9 Å². The van der Waals surface area contributed by atoms with Gasteiger partial charge in [-0.05, 0) is 43.7 Å². The number of aromatic nitrogens is 4. The summed E-state index contributed by atoms with van der Waals surface area (Å²) >= 11 is 0. The summed E-state index contributed by atoms with van der Waals surface area (Å²) in [5.74, 6) is 1.31. The fourth-order valence-electron chi connectivity index (χ4n) is 3.32. The Hall–Kier alpha value is -4.41. The standard InChI is InChI=1S/C25H22F3N5O3/c1-3-35-20-6-4-5-7-21(20)36-23-11-8-17(12-30-23)13-31-24(34)19-15-32-33(16(19)2)22-10-9-18(14-29-22)25(26,27)28/h4-12,14-15H,3,13H2,1-2H3,(H,31,34). The number of rotatable bonds is 8. The molecule has 36 heavy (non-hydrogen) atoms. The molecule has 0 atom stereocenters. The molecular formula is C25H22F3N5O3. The number of pyridine rings is 2. The molecule has 0 saturated carbocycles. The average molecular weight is 497 g/mol. The van der Waals surface area contributed by atoms with Crippen molar-refractivity contribution in [1.82, 2.24) is 25.1 Å². The highest BCUT2D eigenvalue weighted by Gasteiger charge is 2.30. The fourth-order valence-corrected chi connectivity index (χ4v) is 3.32. The number of alkyl halides is 3. The van der Waals surface area contributed by atoms with Gasteiger partial charge >= 0.3 is 6.18 Å². The van der Waals surface area contributed by atoms with E-state index in [4.69, 9.17) is 9.47 Å². The normalized spacial score (nSPS) is 11.2. The molecule has 4 aromatic rings. The van der Waals surface area contributed by atoms with E-state index in [1.165, 1.54) is 16.9 Å². The van der Waals surface area contributed by atoms with E-state index in [9.17, 15) is 18.0 Å². The summed E-state index contributed by atoms with van der Waals surface area (Å²) in [6.07, 6.45) is -0.828. The predicted octanol–water partition coefficient (Wildman–Crippen LogP) is 5.11. The van der Waals surface area contributed by atoms with Gasteiger partial charge in [0.15, 0.2) is 17.3 Å². The minimum atomic E-state index is -4.48. The average Bonchev–Trinajstić information content (AvgIpc) is 3.25. The van der Waals surface area contributed by atoms with Crippen LogP contribution in [0.15, 0.2) is 67.1 Å². The number of amides is 1. The van der Waals surface area contributed by atoms with Gasteiger partial charge in [0.25, 0.3) is 5.91 Å². The molecule has 3 aromatic heterocycles. The Balaban J connectivity index is 1.38. The molecule has 0 spiro atoms. The van der Waals surface area contributed by atoms with Gasteiger partial charge in [0.1, 0.15) is 0 Å². The molecule has 0 unspecified atom stereocenters. The predicted molar refractivity (Wildman–Crippen MR) is 124 cm³/mol. The van der Waals surface area contributed by atoms with Gasteiger partial charge in [0, 0.05) is 25.0 Å². The van der Waals surface area contributed by atoms with Crippen LogP contribution < -0.4 is 14.8 Å². The van der Waals surface area contributed by atoms with Crippen LogP contribution in [0, 0.1) is 6.92 Å². The van der Waals surface area contributed by atoms with Crippen LogP contribution in [0.2, 0.25) is 0 Å². The van der Waals surface area contributed by atoms with Gasteiger partial charge in [-0.15, -0.1) is 0 Å². The minimum Gasteiger partial charge on any atom is -0.490 e. The van der Waals surface area contributed by atoms with Crippen LogP contribution in [0.5, 0.6) is 17.4 Å². The molecule has 3 heterocycles. The van der Waals surface area contributed by atoms with Crippen LogP contribution >= 0.6 is 0 Å². The summed E-state index contributed by atoms with van der Waals surface area (Å²) in [7, 11) is 0. The topological polar surface area (TPSA) is 91.2 Å². The van der Waals surface area contributed by atoms with E-state index in [2.05, 4.69) is 20.4 Å². The van der Waals surface area contributed by atoms with Crippen LogP contribution in [0.1, 0.15) is 34.1 Å². The zero-order valence-electron chi connectivity index (χ0n) is 19.4. The van der Waals surface area contributed by atoms with Crippen LogP contribution in [0.4, 0.5) is 13.2 Å². The third-order valence-electron chi connectivity index (χ3n) is 5.16. The number of carbonyl (C=O) groups is 1. The highest BCUT2D eigenvalue weighted by molar-refractivity contribution is 5.95. The highest BCUT2D eigenvalue weighted by Crippen LogP contribution is 2.30. The highest BCUT2D eigenvalue weighted by atomic mass is 19.4. The zero-order valence-corrected chi connectivity index (χ0v) is 19.4. The van der Waals surface area contributed by atoms with Gasteiger partial charge in [0.05, 0.1) is 29.6 Å². The van der Waals surface area contributed by atoms with Crippen LogP contribution in [0.25, 0.3) is 5.82 Å². The maximum Gasteiger partial charge on any atom is 0.417 e. The van der Waals surface area contributed by atoms with Gasteiger partial charge in [-0.1, -0.05) is 18.2 Å². The number of hydrogen-bond donors (Lipinski definition) is 1. The minimum absolute atomic E-state index is 0.172. The summed E-state index contributed by atoms with van der Waals surface area (Å²) in [5, 5.41) is 6.88. The van der Waals surface area contributed by atoms with Crippen molar-refractivity contribution < 1.29 is 27.4 Å². The molecule has 0 fully saturated rings. The lowest BCUT2D eigenvalue weighted by atomic mass is 10.2. The van der Waals surface area contributed by atoms with Crippen molar-refractivity contribution in [3.05, 3.63) is 89.5 Å². The number of nitrogens with zero attached hydrogens (tertiary/aromatic N) is 4. The van der Waals surface area contributed by atoms with Crippen LogP contribution in [-0.4, -0.2) is 32.3 Å². The Morgan fingerprint density at radius 3 is 2.42 bits per heavy atom. The molecule has 0 saturated heterocycles. The quantitative estimate of drug-likeness (QED) is 0.364. The molecule has 0 aliphatic carbocycles. The smallest absolute Gasteiger partial charge is 0.417 e. The van der Waals surface area contributed by atoms with Gasteiger partial charge < -0.3 is 14.8 Å². The van der Waals surface area contributed by atoms with E-state index in [0.29, 0.717) is 29.7 Å². The summed E-state index contributed by atoms with van der Waals surface area (Å²) < 4.78 is 51.0. The van der Waals surface area contributed by atoms with Gasteiger partial charge in [-0.2, -0.15) is 18.3 Å². The second-order valence-electron chi connectivity index (χ2n) is 7.63. The van der Waals surface area contributed by atoms with Gasteiger partial charge in [-0.3, -0.25) is 4.79 Å². The van der Waals surface area contributed by atoms with Crippen molar-refractivity contribution in [2.24, 2.45) is 0 Å². The monoisotopic (exact) mass is 497 g/mol. The molecule has 0 aliphatic heterocycles. The first-order chi connectivity index (χ1) is 17.3. The third kappa shape index (κ3) is 5.62. The molecule has 4 rings (SSSR count). The molecule has 0 aliphatic rings. The molecule has 8 nitrogen and oxygen atoms in total. The molecule has 1 amide bonds. The van der Waals surface area contributed by atoms with Crippen molar-refractivity contribution in [1.29, 1.82) is 0 Å². The molecule has 1 aromatic carbocycles. The number of para-hydroxylation sites is 2. The first kappa shape index (κ1) is 24.7. The summed E-state index contributed by atoms with van der Waals surface area (Å²) in [6.45, 7) is 4.22. The first-order valence-electron chi connectivity index (χ1n) is 11.0. The second kappa shape index (κ2) is 10.5. The Morgan fingerprint density at radius 2 is 1.78 bits per heavy atom. The number of nitrogens with one attached hydrogen (secondary N) is 1. The van der Waals surface area contributed by atoms with E-state index in [0.717, 1.165) is 17.8 Å². The largest absolute Gasteiger partial charge is 0.490 e. The van der Waals surface area contributed by atoms with E-state index in [1.807, 2.05) is 19.1 Å². The van der Waals surface area contributed by atoms with Gasteiger partial charge in [0.2, 0.25) is 5.88 Å². The van der Waals surface area contributed by atoms with Crippen LogP contribution in [0.3, 0.4) is 0 Å². The Kier molecular flexibility index (Phi) is 7.18. The number of benzene rings is 1. The van der Waals surface area contributed by atoms with Crippen molar-refractivity contribution in [2.75, 3.05) is 6.61 Å². The number of hydrogen-bond acceptors (Lipinski definition) is 6. The lowest BCUT2D eigenvalue weighted by Gasteiger charge is -2.11. The van der Waals surface area contributed by atoms with Crippen molar-refractivity contribution in [3.63, 3.8) is 0 Å². The SMILES string of the molecule is CCOc1ccccc1Oc1ccc(CNC(=O)c2cnn(-c3ccc(C(F)(F)F)cn3)c2C)cn1. The fraction of sp³-hybridized carbons (Fsp3) is 0.200. The second-order valence-corrected chi connectivity index (χ2v) is 7.63. The molecule has 0 bridgehead atoms. The number of ether oxygens (including phenoxy) is 2. The Morgan fingerprint density at radius 1 is 1.00 bits per heavy atom. The van der Waals surface area contributed by atoms with E-state index < -0.39 is 17.6 Å². The summed E-state index contributed by atoms with van der Waals surface area (Å²) in [5.41, 5.74) is 0.590. The summed E-state index contributed by atoms with van der Waals surface area (Å²) in [4.78, 5) is 20.8. The summed E-state index contributed by atoms with van der Waals surface area (Å²) in [6, 6.07) is 12.8. The number of halogens is 3. The lowest BCUT2D eigenvalue weighted by molar-refractivity contribution is -0.137. The first-order valence-corrected chi connectivity index (χ1v) is 11.0. The number of carbonyl (C=O) groups excluding carboxylic acids is 1. The Labute approximate surface area is 204 Å². The van der Waals surface area contributed by atoms with Crippen molar-refractivity contribution in [2.45, 2.75) is 26.6 Å². The van der Waals surface area contributed by atoms with E-state index in [1.54, 1.807) is 37.4 Å². The third-order valence-corrected chi connectivity index (χ3v) is 5.16. The maximum atomic E-state index is 12.8. The van der Waals surface area contributed by atoms with Crippen LogP contribution in [-0.2, 0) is 12.7 Å². The molecular weight excluding hydrogens is 475 g/mol. The molecule has 11 heteroatoms. The van der Waals surface area contributed by atoms with Crippen molar-refractivity contribution >= 4 is 5.91 Å². The van der Waals surface area contributed by atoms with E-state index >= 15 is 0 Å². The zero-order chi connectivity index (χ0) is 25.7. The molecule has 1 N–H and O–H groups in total. The molecule has 186 valence electrons. The Bertz CT molecular complexity index is 1340. The maximum absolute atomic E-state index is 12.8. The lowest BCUT2D eigenvalue weighted by Crippen LogP contribution is -2.23. The van der Waals surface area contributed by atoms with Crippen molar-refractivity contribution in [3.8, 4) is 23.2 Å². The van der Waals surface area contributed by atoms with Gasteiger partial charge in [-0.25, -0.2) is 14.6 Å². The molecule has 0 radical (unpaired) electrons.